The van der Waals surface area contributed by atoms with E-state index in [4.69, 9.17) is 4.84 Å². The van der Waals surface area contributed by atoms with Crippen LogP contribution in [0.15, 0.2) is 84.0 Å². The van der Waals surface area contributed by atoms with E-state index in [1.165, 1.54) is 18.2 Å². The summed E-state index contributed by atoms with van der Waals surface area (Å²) in [7, 11) is 0. The molecule has 0 saturated heterocycles. The van der Waals surface area contributed by atoms with E-state index in [-0.39, 0.29) is 12.4 Å². The Morgan fingerprint density at radius 2 is 1.63 bits per heavy atom. The Morgan fingerprint density at radius 1 is 0.914 bits per heavy atom. The number of aryl methyl sites for hydroxylation is 1. The maximum absolute atomic E-state index is 13.6. The molecule has 0 spiro atoms. The fraction of sp³-hybridized carbons (Fsp3) is 0.179. The first-order chi connectivity index (χ1) is 16.6. The molecule has 0 atom stereocenters. The molecule has 0 fully saturated rings. The second-order valence-electron chi connectivity index (χ2n) is 8.36. The summed E-state index contributed by atoms with van der Waals surface area (Å²) in [6, 6.07) is 21.2. The van der Waals surface area contributed by atoms with Crippen LogP contribution in [0.25, 0.3) is 16.9 Å². The second-order valence-corrected chi connectivity index (χ2v) is 8.36. The van der Waals surface area contributed by atoms with Crippen molar-refractivity contribution in [3.05, 3.63) is 113 Å². The number of hydrogen-bond donors (Lipinski definition) is 0. The first-order valence-electron chi connectivity index (χ1n) is 11.0. The largest absolute Gasteiger partial charge is 0.416 e. The molecule has 0 saturated carbocycles. The zero-order valence-corrected chi connectivity index (χ0v) is 19.5. The van der Waals surface area contributed by atoms with E-state index in [9.17, 15) is 17.6 Å². The molecule has 0 aliphatic rings. The predicted molar refractivity (Wildman–Crippen MR) is 129 cm³/mol. The van der Waals surface area contributed by atoms with Crippen molar-refractivity contribution in [1.82, 2.24) is 4.57 Å². The van der Waals surface area contributed by atoms with Crippen molar-refractivity contribution >= 4 is 5.71 Å². The summed E-state index contributed by atoms with van der Waals surface area (Å²) in [4.78, 5) is 5.42. The summed E-state index contributed by atoms with van der Waals surface area (Å²) in [5.74, 6) is -0.319. The molecule has 3 nitrogen and oxygen atoms in total. The van der Waals surface area contributed by atoms with Gasteiger partial charge in [0.05, 0.1) is 17.0 Å². The van der Waals surface area contributed by atoms with Crippen LogP contribution in [0, 0.1) is 19.7 Å². The van der Waals surface area contributed by atoms with Gasteiger partial charge in [0.15, 0.2) is 0 Å². The maximum atomic E-state index is 13.6. The first kappa shape index (κ1) is 24.3. The molecule has 0 aliphatic carbocycles. The van der Waals surface area contributed by atoms with Crippen LogP contribution in [0.5, 0.6) is 0 Å². The Balaban J connectivity index is 1.67. The van der Waals surface area contributed by atoms with Gasteiger partial charge in [0, 0.05) is 16.9 Å². The lowest BCUT2D eigenvalue weighted by Gasteiger charge is -2.13. The zero-order chi connectivity index (χ0) is 25.2. The number of aromatic nitrogens is 1. The van der Waals surface area contributed by atoms with Crippen LogP contribution in [0.2, 0.25) is 0 Å². The van der Waals surface area contributed by atoms with Crippen molar-refractivity contribution < 1.29 is 22.4 Å². The van der Waals surface area contributed by atoms with Gasteiger partial charge in [-0.15, -0.1) is 0 Å². The van der Waals surface area contributed by atoms with E-state index in [1.54, 1.807) is 25.1 Å². The normalized spacial score (nSPS) is 12.1. The maximum Gasteiger partial charge on any atom is 0.416 e. The average Bonchev–Trinajstić information content (AvgIpc) is 3.16. The van der Waals surface area contributed by atoms with Gasteiger partial charge in [-0.05, 0) is 92.1 Å². The second kappa shape index (κ2) is 9.78. The summed E-state index contributed by atoms with van der Waals surface area (Å²) in [5.41, 5.74) is 5.67. The zero-order valence-electron chi connectivity index (χ0n) is 19.5. The van der Waals surface area contributed by atoms with E-state index in [0.29, 0.717) is 11.3 Å². The molecule has 0 unspecified atom stereocenters. The third-order valence-corrected chi connectivity index (χ3v) is 5.72. The van der Waals surface area contributed by atoms with Crippen molar-refractivity contribution in [2.45, 2.75) is 33.6 Å². The van der Waals surface area contributed by atoms with Crippen LogP contribution in [0.1, 0.15) is 34.9 Å². The summed E-state index contributed by atoms with van der Waals surface area (Å²) in [6.07, 6.45) is -4.41. The minimum Gasteiger partial charge on any atom is -0.391 e. The highest BCUT2D eigenvalue weighted by Crippen LogP contribution is 2.31. The lowest BCUT2D eigenvalue weighted by atomic mass is 10.1. The Bertz CT molecular complexity index is 1370. The highest BCUT2D eigenvalue weighted by atomic mass is 19.4. The lowest BCUT2D eigenvalue weighted by Crippen LogP contribution is -2.05. The van der Waals surface area contributed by atoms with Gasteiger partial charge in [0.25, 0.3) is 0 Å². The van der Waals surface area contributed by atoms with Gasteiger partial charge in [0.1, 0.15) is 12.4 Å². The number of hydrogen-bond acceptors (Lipinski definition) is 2. The Kier molecular flexibility index (Phi) is 6.78. The molecule has 0 radical (unpaired) electrons. The Hall–Kier alpha value is -3.87. The van der Waals surface area contributed by atoms with Crippen molar-refractivity contribution in [2.24, 2.45) is 5.16 Å². The van der Waals surface area contributed by atoms with Gasteiger partial charge >= 0.3 is 6.18 Å². The molecular formula is C28H24F4N2O. The monoisotopic (exact) mass is 480 g/mol. The van der Waals surface area contributed by atoms with Crippen LogP contribution in [-0.4, -0.2) is 10.3 Å². The van der Waals surface area contributed by atoms with Gasteiger partial charge in [0.2, 0.25) is 0 Å². The first-order valence-corrected chi connectivity index (χ1v) is 11.0. The van der Waals surface area contributed by atoms with E-state index in [1.807, 2.05) is 38.1 Å². The molecule has 4 aromatic rings. The molecule has 1 heterocycles. The van der Waals surface area contributed by atoms with Crippen molar-refractivity contribution in [3.8, 4) is 16.9 Å². The highest BCUT2D eigenvalue weighted by Gasteiger charge is 2.30. The molecule has 0 bridgehead atoms. The predicted octanol–water partition coefficient (Wildman–Crippen LogP) is 7.86. The van der Waals surface area contributed by atoms with Gasteiger partial charge in [-0.1, -0.05) is 29.4 Å². The fourth-order valence-corrected chi connectivity index (χ4v) is 4.00. The van der Waals surface area contributed by atoms with Crippen molar-refractivity contribution in [2.75, 3.05) is 0 Å². The number of rotatable bonds is 6. The summed E-state index contributed by atoms with van der Waals surface area (Å²) in [5, 5.41) is 4.18. The van der Waals surface area contributed by atoms with Gasteiger partial charge in [-0.25, -0.2) is 4.39 Å². The number of alkyl halides is 3. The molecule has 35 heavy (non-hydrogen) atoms. The third-order valence-electron chi connectivity index (χ3n) is 5.72. The number of halogens is 4. The highest BCUT2D eigenvalue weighted by molar-refractivity contribution is 6.01. The van der Waals surface area contributed by atoms with Crippen LogP contribution >= 0.6 is 0 Å². The minimum atomic E-state index is -4.41. The number of nitrogens with zero attached hydrogens (tertiary/aromatic N) is 2. The van der Waals surface area contributed by atoms with Crippen molar-refractivity contribution in [1.29, 1.82) is 0 Å². The molecular weight excluding hydrogens is 456 g/mol. The van der Waals surface area contributed by atoms with E-state index < -0.39 is 11.7 Å². The van der Waals surface area contributed by atoms with Gasteiger partial charge in [-0.3, -0.25) is 0 Å². The summed E-state index contributed by atoms with van der Waals surface area (Å²) < 4.78 is 54.5. The number of oxime groups is 1. The fourth-order valence-electron chi connectivity index (χ4n) is 4.00. The smallest absolute Gasteiger partial charge is 0.391 e. The van der Waals surface area contributed by atoms with Gasteiger partial charge in [-0.2, -0.15) is 13.2 Å². The third kappa shape index (κ3) is 5.45. The molecule has 4 rings (SSSR count). The summed E-state index contributed by atoms with van der Waals surface area (Å²) in [6.45, 7) is 5.65. The molecule has 3 aromatic carbocycles. The minimum absolute atomic E-state index is 0.0935. The van der Waals surface area contributed by atoms with E-state index in [0.717, 1.165) is 45.9 Å². The van der Waals surface area contributed by atoms with Crippen molar-refractivity contribution in [3.63, 3.8) is 0 Å². The molecule has 0 N–H and O–H groups in total. The van der Waals surface area contributed by atoms with E-state index in [2.05, 4.69) is 15.8 Å². The van der Waals surface area contributed by atoms with Gasteiger partial charge < -0.3 is 9.40 Å². The topological polar surface area (TPSA) is 26.5 Å². The quantitative estimate of drug-likeness (QED) is 0.157. The Morgan fingerprint density at radius 3 is 2.31 bits per heavy atom. The summed E-state index contributed by atoms with van der Waals surface area (Å²) >= 11 is 0. The van der Waals surface area contributed by atoms with Crippen LogP contribution in [0.3, 0.4) is 0 Å². The average molecular weight is 481 g/mol. The molecule has 0 aliphatic heterocycles. The molecule has 7 heteroatoms. The van der Waals surface area contributed by atoms with Crippen LogP contribution < -0.4 is 0 Å². The standard InChI is InChI=1S/C28H24F4N2O/c1-18-6-4-9-25(14-18)34-20(3)26(16-27(34)22-10-12-24(29)13-11-22)19(2)33-35-17-21-7-5-8-23(15-21)28(30,31)32/h4-16H,17H2,1-3H3/b33-19-. The van der Waals surface area contributed by atoms with Crippen LogP contribution in [0.4, 0.5) is 17.6 Å². The molecule has 180 valence electrons. The van der Waals surface area contributed by atoms with E-state index >= 15 is 0 Å². The molecule has 1 aromatic heterocycles. The lowest BCUT2D eigenvalue weighted by molar-refractivity contribution is -0.137. The number of benzene rings is 3. The molecule has 0 amide bonds. The van der Waals surface area contributed by atoms with Crippen LogP contribution in [-0.2, 0) is 17.6 Å². The SMILES string of the molecule is C/C(=N/OCc1cccc(C(F)(F)F)c1)c1cc(-c2ccc(F)cc2)n(-c2cccc(C)c2)c1C. The Labute approximate surface area is 201 Å².